The molecule has 0 saturated heterocycles. The van der Waals surface area contributed by atoms with E-state index in [1.165, 1.54) is 11.1 Å². The lowest BCUT2D eigenvalue weighted by molar-refractivity contribution is 0.333. The molecule has 0 aliphatic heterocycles. The van der Waals surface area contributed by atoms with Crippen molar-refractivity contribution in [2.24, 2.45) is 5.73 Å². The van der Waals surface area contributed by atoms with Crippen molar-refractivity contribution < 1.29 is 4.74 Å². The molecule has 2 rings (SSSR count). The van der Waals surface area contributed by atoms with Gasteiger partial charge in [0.15, 0.2) is 0 Å². The van der Waals surface area contributed by atoms with Gasteiger partial charge in [-0.2, -0.15) is 0 Å². The number of nitrogens with two attached hydrogens (primary N) is 1. The van der Waals surface area contributed by atoms with Crippen LogP contribution in [-0.2, 0) is 12.8 Å². The van der Waals surface area contributed by atoms with Gasteiger partial charge < -0.3 is 10.5 Å². The van der Waals surface area contributed by atoms with E-state index in [4.69, 9.17) is 10.5 Å². The Morgan fingerprint density at radius 3 is 3.14 bits per heavy atom. The second-order valence-electron chi connectivity index (χ2n) is 3.83. The molecule has 76 valence electrons. The molecule has 14 heavy (non-hydrogen) atoms. The predicted molar refractivity (Wildman–Crippen MR) is 57.6 cm³/mol. The average molecular weight is 191 g/mol. The van der Waals surface area contributed by atoms with Crippen LogP contribution in [0.4, 0.5) is 0 Å². The van der Waals surface area contributed by atoms with Gasteiger partial charge in [-0.1, -0.05) is 12.1 Å². The monoisotopic (exact) mass is 191 g/mol. The second kappa shape index (κ2) is 4.01. The van der Waals surface area contributed by atoms with E-state index in [0.717, 1.165) is 31.6 Å². The van der Waals surface area contributed by atoms with Crippen LogP contribution >= 0.6 is 0 Å². The van der Waals surface area contributed by atoms with E-state index in [1.54, 1.807) is 0 Å². The Morgan fingerprint density at radius 1 is 1.50 bits per heavy atom. The largest absolute Gasteiger partial charge is 0.494 e. The Labute approximate surface area is 85.1 Å². The minimum Gasteiger partial charge on any atom is -0.494 e. The smallest absolute Gasteiger partial charge is 0.122 e. The molecule has 0 saturated carbocycles. The van der Waals surface area contributed by atoms with E-state index in [-0.39, 0.29) is 0 Å². The van der Waals surface area contributed by atoms with Gasteiger partial charge in [-0.3, -0.25) is 0 Å². The molecular weight excluding hydrogens is 174 g/mol. The Hall–Kier alpha value is -1.02. The Bertz CT molecular complexity index is 322. The van der Waals surface area contributed by atoms with Crippen LogP contribution in [0.5, 0.6) is 5.75 Å². The molecule has 2 N–H and O–H groups in total. The van der Waals surface area contributed by atoms with Crippen LogP contribution in [0.2, 0.25) is 0 Å². The number of aryl methyl sites for hydroxylation is 1. The summed E-state index contributed by atoms with van der Waals surface area (Å²) in [5.41, 5.74) is 8.70. The third-order valence-corrected chi connectivity index (χ3v) is 2.78. The maximum atomic E-state index is 5.96. The molecule has 2 heteroatoms. The summed E-state index contributed by atoms with van der Waals surface area (Å²) >= 11 is 0. The van der Waals surface area contributed by atoms with Gasteiger partial charge in [0.05, 0.1) is 6.61 Å². The molecule has 0 amide bonds. The topological polar surface area (TPSA) is 35.2 Å². The van der Waals surface area contributed by atoms with Gasteiger partial charge in [-0.05, 0) is 43.4 Å². The zero-order valence-corrected chi connectivity index (χ0v) is 8.62. The third kappa shape index (κ3) is 1.75. The lowest BCUT2D eigenvalue weighted by Gasteiger charge is -2.23. The lowest BCUT2D eigenvalue weighted by Crippen LogP contribution is -2.28. The zero-order valence-electron chi connectivity index (χ0n) is 8.62. The third-order valence-electron chi connectivity index (χ3n) is 2.78. The Kier molecular flexibility index (Phi) is 2.73. The Morgan fingerprint density at radius 2 is 2.36 bits per heavy atom. The van der Waals surface area contributed by atoms with E-state index >= 15 is 0 Å². The minimum atomic E-state index is 0.309. The molecule has 0 radical (unpaired) electrons. The van der Waals surface area contributed by atoms with Crippen LogP contribution < -0.4 is 10.5 Å². The van der Waals surface area contributed by atoms with Crippen LogP contribution in [0.3, 0.4) is 0 Å². The lowest BCUT2D eigenvalue weighted by atomic mass is 9.88. The first-order valence-electron chi connectivity index (χ1n) is 5.30. The highest BCUT2D eigenvalue weighted by Crippen LogP contribution is 2.28. The summed E-state index contributed by atoms with van der Waals surface area (Å²) in [7, 11) is 0. The highest BCUT2D eigenvalue weighted by molar-refractivity contribution is 5.42. The number of ether oxygens (including phenoxy) is 1. The molecule has 1 atom stereocenters. The summed E-state index contributed by atoms with van der Waals surface area (Å²) < 4.78 is 5.60. The zero-order chi connectivity index (χ0) is 9.97. The first kappa shape index (κ1) is 9.53. The first-order valence-corrected chi connectivity index (χ1v) is 5.30. The molecule has 0 fully saturated rings. The van der Waals surface area contributed by atoms with Gasteiger partial charge in [-0.25, -0.2) is 0 Å². The van der Waals surface area contributed by atoms with Gasteiger partial charge in [0.25, 0.3) is 0 Å². The first-order chi connectivity index (χ1) is 6.81. The highest BCUT2D eigenvalue weighted by atomic mass is 16.5. The van der Waals surface area contributed by atoms with Crippen LogP contribution in [0, 0.1) is 0 Å². The maximum Gasteiger partial charge on any atom is 0.122 e. The number of rotatable bonds is 2. The molecule has 1 aromatic carbocycles. The average Bonchev–Trinajstić information content (AvgIpc) is 2.19. The van der Waals surface area contributed by atoms with Crippen LogP contribution in [0.25, 0.3) is 0 Å². The van der Waals surface area contributed by atoms with Gasteiger partial charge in [-0.15, -0.1) is 0 Å². The fourth-order valence-corrected chi connectivity index (χ4v) is 2.07. The minimum absolute atomic E-state index is 0.309. The van der Waals surface area contributed by atoms with Gasteiger partial charge in [0.2, 0.25) is 0 Å². The SMILES string of the molecule is CCOc1cccc2c1C[C@H](N)CC2. The van der Waals surface area contributed by atoms with Crippen molar-refractivity contribution in [3.05, 3.63) is 29.3 Å². The van der Waals surface area contributed by atoms with Crippen molar-refractivity contribution in [2.45, 2.75) is 32.2 Å². The predicted octanol–water partition coefficient (Wildman–Crippen LogP) is 1.90. The van der Waals surface area contributed by atoms with Crippen molar-refractivity contribution in [1.82, 2.24) is 0 Å². The summed E-state index contributed by atoms with van der Waals surface area (Å²) in [6.45, 7) is 2.74. The fraction of sp³-hybridized carbons (Fsp3) is 0.500. The number of benzene rings is 1. The molecule has 1 aliphatic carbocycles. The molecule has 2 nitrogen and oxygen atoms in total. The molecule has 1 aromatic rings. The molecule has 0 heterocycles. The van der Waals surface area contributed by atoms with Gasteiger partial charge >= 0.3 is 0 Å². The van der Waals surface area contributed by atoms with Crippen LogP contribution in [0.15, 0.2) is 18.2 Å². The molecule has 0 unspecified atom stereocenters. The summed E-state index contributed by atoms with van der Waals surface area (Å²) in [4.78, 5) is 0. The summed E-state index contributed by atoms with van der Waals surface area (Å²) in [6, 6.07) is 6.61. The van der Waals surface area contributed by atoms with E-state index in [0.29, 0.717) is 6.04 Å². The van der Waals surface area contributed by atoms with Gasteiger partial charge in [0, 0.05) is 6.04 Å². The number of hydrogen-bond acceptors (Lipinski definition) is 2. The van der Waals surface area contributed by atoms with E-state index in [9.17, 15) is 0 Å². The van der Waals surface area contributed by atoms with E-state index in [1.807, 2.05) is 13.0 Å². The highest BCUT2D eigenvalue weighted by Gasteiger charge is 2.18. The summed E-state index contributed by atoms with van der Waals surface area (Å²) in [6.07, 6.45) is 3.16. The standard InChI is InChI=1S/C12H17NO/c1-2-14-12-5-3-4-9-6-7-10(13)8-11(9)12/h3-5,10H,2,6-8,13H2,1H3/t10-/m1/s1. The quantitative estimate of drug-likeness (QED) is 0.775. The van der Waals surface area contributed by atoms with Gasteiger partial charge in [0.1, 0.15) is 5.75 Å². The van der Waals surface area contributed by atoms with Crippen LogP contribution in [0.1, 0.15) is 24.5 Å². The molecule has 0 bridgehead atoms. The number of fused-ring (bicyclic) bond motifs is 1. The van der Waals surface area contributed by atoms with Crippen molar-refractivity contribution in [1.29, 1.82) is 0 Å². The van der Waals surface area contributed by atoms with Crippen molar-refractivity contribution in [2.75, 3.05) is 6.61 Å². The van der Waals surface area contributed by atoms with E-state index < -0.39 is 0 Å². The second-order valence-corrected chi connectivity index (χ2v) is 3.83. The molecular formula is C12H17NO. The van der Waals surface area contributed by atoms with Crippen molar-refractivity contribution >= 4 is 0 Å². The fourth-order valence-electron chi connectivity index (χ4n) is 2.07. The van der Waals surface area contributed by atoms with Crippen molar-refractivity contribution in [3.63, 3.8) is 0 Å². The van der Waals surface area contributed by atoms with Crippen LogP contribution in [-0.4, -0.2) is 12.6 Å². The molecule has 1 aliphatic rings. The van der Waals surface area contributed by atoms with Crippen molar-refractivity contribution in [3.8, 4) is 5.75 Å². The summed E-state index contributed by atoms with van der Waals surface area (Å²) in [5.74, 6) is 1.03. The van der Waals surface area contributed by atoms with E-state index in [2.05, 4.69) is 12.1 Å². The molecule has 0 aromatic heterocycles. The maximum absolute atomic E-state index is 5.96. The Balaban J connectivity index is 2.33. The number of hydrogen-bond donors (Lipinski definition) is 1. The molecule has 0 spiro atoms. The normalized spacial score (nSPS) is 20.3. The summed E-state index contributed by atoms with van der Waals surface area (Å²) in [5, 5.41) is 0.